The van der Waals surface area contributed by atoms with Crippen molar-refractivity contribution in [2.75, 3.05) is 0 Å². The van der Waals surface area contributed by atoms with Gasteiger partial charge in [-0.15, -0.1) is 0 Å². The van der Waals surface area contributed by atoms with Crippen molar-refractivity contribution in [3.05, 3.63) is 29.3 Å². The first-order valence-electron chi connectivity index (χ1n) is 4.91. The van der Waals surface area contributed by atoms with Gasteiger partial charge in [0, 0.05) is 18.0 Å². The molecule has 0 saturated heterocycles. The summed E-state index contributed by atoms with van der Waals surface area (Å²) in [5.74, 6) is -0.0466. The SMILES string of the molecule is Cc1ccc([C@@H](N)CCC(F)(F)F)c(O)c1. The van der Waals surface area contributed by atoms with Crippen LogP contribution in [0.4, 0.5) is 13.2 Å². The van der Waals surface area contributed by atoms with Crippen LogP contribution in [0.15, 0.2) is 18.2 Å². The highest BCUT2D eigenvalue weighted by Gasteiger charge is 2.28. The van der Waals surface area contributed by atoms with Crippen LogP contribution >= 0.6 is 0 Å². The molecule has 0 fully saturated rings. The topological polar surface area (TPSA) is 46.2 Å². The Hall–Kier alpha value is -1.23. The zero-order chi connectivity index (χ0) is 12.3. The highest BCUT2D eigenvalue weighted by Crippen LogP contribution is 2.30. The summed E-state index contributed by atoms with van der Waals surface area (Å²) >= 11 is 0. The van der Waals surface area contributed by atoms with Crippen molar-refractivity contribution in [2.45, 2.75) is 32.0 Å². The molecule has 1 rings (SSSR count). The summed E-state index contributed by atoms with van der Waals surface area (Å²) in [4.78, 5) is 0. The van der Waals surface area contributed by atoms with E-state index in [0.717, 1.165) is 5.56 Å². The average molecular weight is 233 g/mol. The Balaban J connectivity index is 2.70. The molecule has 90 valence electrons. The molecule has 0 bridgehead atoms. The third-order valence-electron chi connectivity index (χ3n) is 2.32. The van der Waals surface area contributed by atoms with E-state index in [4.69, 9.17) is 5.73 Å². The van der Waals surface area contributed by atoms with Gasteiger partial charge in [-0.3, -0.25) is 0 Å². The van der Waals surface area contributed by atoms with Gasteiger partial charge in [0.05, 0.1) is 0 Å². The van der Waals surface area contributed by atoms with Crippen LogP contribution in [0.5, 0.6) is 5.75 Å². The van der Waals surface area contributed by atoms with Gasteiger partial charge in [-0.25, -0.2) is 0 Å². The molecule has 1 atom stereocenters. The van der Waals surface area contributed by atoms with Gasteiger partial charge in [0.15, 0.2) is 0 Å². The van der Waals surface area contributed by atoms with Gasteiger partial charge in [0.2, 0.25) is 0 Å². The highest BCUT2D eigenvalue weighted by molar-refractivity contribution is 5.37. The summed E-state index contributed by atoms with van der Waals surface area (Å²) < 4.78 is 35.9. The molecule has 1 aromatic carbocycles. The van der Waals surface area contributed by atoms with Gasteiger partial charge >= 0.3 is 6.18 Å². The van der Waals surface area contributed by atoms with Crippen molar-refractivity contribution >= 4 is 0 Å². The van der Waals surface area contributed by atoms with Crippen molar-refractivity contribution < 1.29 is 18.3 Å². The first kappa shape index (κ1) is 12.8. The van der Waals surface area contributed by atoms with Gasteiger partial charge in [0.25, 0.3) is 0 Å². The van der Waals surface area contributed by atoms with Gasteiger partial charge < -0.3 is 10.8 Å². The number of rotatable bonds is 3. The zero-order valence-corrected chi connectivity index (χ0v) is 8.88. The summed E-state index contributed by atoms with van der Waals surface area (Å²) in [5.41, 5.74) is 6.79. The predicted octanol–water partition coefficient (Wildman–Crippen LogP) is 3.04. The quantitative estimate of drug-likeness (QED) is 0.842. The fourth-order valence-corrected chi connectivity index (χ4v) is 1.44. The molecule has 0 amide bonds. The summed E-state index contributed by atoms with van der Waals surface area (Å²) in [6.45, 7) is 1.78. The first-order chi connectivity index (χ1) is 7.29. The zero-order valence-electron chi connectivity index (χ0n) is 8.88. The number of halogens is 3. The molecule has 0 aliphatic carbocycles. The smallest absolute Gasteiger partial charge is 0.389 e. The van der Waals surface area contributed by atoms with E-state index in [1.165, 1.54) is 6.07 Å². The van der Waals surface area contributed by atoms with Crippen LogP contribution in [0.1, 0.15) is 30.0 Å². The van der Waals surface area contributed by atoms with Crippen LogP contribution in [0.2, 0.25) is 0 Å². The third kappa shape index (κ3) is 3.73. The van der Waals surface area contributed by atoms with E-state index < -0.39 is 18.6 Å². The molecule has 0 radical (unpaired) electrons. The Bertz CT molecular complexity index is 363. The van der Waals surface area contributed by atoms with E-state index in [2.05, 4.69) is 0 Å². The Morgan fingerprint density at radius 1 is 1.38 bits per heavy atom. The molecule has 0 aliphatic rings. The summed E-state index contributed by atoms with van der Waals surface area (Å²) in [6, 6.07) is 3.97. The second kappa shape index (κ2) is 4.74. The van der Waals surface area contributed by atoms with Crippen molar-refractivity contribution in [2.24, 2.45) is 5.73 Å². The minimum Gasteiger partial charge on any atom is -0.508 e. The molecular weight excluding hydrogens is 219 g/mol. The van der Waals surface area contributed by atoms with E-state index in [-0.39, 0.29) is 12.2 Å². The second-order valence-corrected chi connectivity index (χ2v) is 3.82. The van der Waals surface area contributed by atoms with Crippen molar-refractivity contribution in [3.63, 3.8) is 0 Å². The molecule has 0 aliphatic heterocycles. The molecule has 0 aromatic heterocycles. The number of phenolic OH excluding ortho intramolecular Hbond substituents is 1. The fraction of sp³-hybridized carbons (Fsp3) is 0.455. The Morgan fingerprint density at radius 3 is 2.50 bits per heavy atom. The van der Waals surface area contributed by atoms with Crippen LogP contribution in [-0.4, -0.2) is 11.3 Å². The van der Waals surface area contributed by atoms with E-state index in [1.54, 1.807) is 19.1 Å². The molecule has 3 N–H and O–H groups in total. The van der Waals surface area contributed by atoms with Gasteiger partial charge in [0.1, 0.15) is 5.75 Å². The molecule has 2 nitrogen and oxygen atoms in total. The molecule has 0 saturated carbocycles. The molecule has 1 aromatic rings. The molecular formula is C11H14F3NO. The highest BCUT2D eigenvalue weighted by atomic mass is 19.4. The lowest BCUT2D eigenvalue weighted by molar-refractivity contribution is -0.136. The molecule has 16 heavy (non-hydrogen) atoms. The third-order valence-corrected chi connectivity index (χ3v) is 2.32. The lowest BCUT2D eigenvalue weighted by atomic mass is 10.0. The maximum absolute atomic E-state index is 12.0. The van der Waals surface area contributed by atoms with Crippen molar-refractivity contribution in [3.8, 4) is 5.75 Å². The van der Waals surface area contributed by atoms with Gasteiger partial charge in [-0.2, -0.15) is 13.2 Å². The number of phenols is 1. The van der Waals surface area contributed by atoms with Crippen molar-refractivity contribution in [1.82, 2.24) is 0 Å². The molecule has 5 heteroatoms. The lowest BCUT2D eigenvalue weighted by Crippen LogP contribution is -2.15. The normalized spacial score (nSPS) is 13.8. The van der Waals surface area contributed by atoms with Gasteiger partial charge in [-0.05, 0) is 25.0 Å². The van der Waals surface area contributed by atoms with Gasteiger partial charge in [-0.1, -0.05) is 12.1 Å². The maximum Gasteiger partial charge on any atom is 0.389 e. The predicted molar refractivity (Wildman–Crippen MR) is 55.1 cm³/mol. The fourth-order valence-electron chi connectivity index (χ4n) is 1.44. The molecule has 0 heterocycles. The summed E-state index contributed by atoms with van der Waals surface area (Å²) in [5, 5.41) is 9.53. The molecule has 0 unspecified atom stereocenters. The first-order valence-corrected chi connectivity index (χ1v) is 4.91. The van der Waals surface area contributed by atoms with Crippen LogP contribution in [0.25, 0.3) is 0 Å². The van der Waals surface area contributed by atoms with E-state index in [1.807, 2.05) is 0 Å². The largest absolute Gasteiger partial charge is 0.508 e. The number of aryl methyl sites for hydroxylation is 1. The number of benzene rings is 1. The van der Waals surface area contributed by atoms with E-state index in [9.17, 15) is 18.3 Å². The standard InChI is InChI=1S/C11H14F3NO/c1-7-2-3-8(10(16)6-7)9(15)4-5-11(12,13)14/h2-3,6,9,16H,4-5,15H2,1H3/t9-/m0/s1. The Labute approximate surface area is 91.9 Å². The Morgan fingerprint density at radius 2 is 2.00 bits per heavy atom. The number of aromatic hydroxyl groups is 1. The van der Waals surface area contributed by atoms with Crippen molar-refractivity contribution in [1.29, 1.82) is 0 Å². The maximum atomic E-state index is 12.0. The van der Waals surface area contributed by atoms with Crippen LogP contribution in [0.3, 0.4) is 0 Å². The van der Waals surface area contributed by atoms with E-state index in [0.29, 0.717) is 5.56 Å². The lowest BCUT2D eigenvalue weighted by Gasteiger charge is -2.15. The molecule has 0 spiro atoms. The number of alkyl halides is 3. The number of nitrogens with two attached hydrogens (primary N) is 1. The number of hydrogen-bond donors (Lipinski definition) is 2. The minimum atomic E-state index is -4.21. The summed E-state index contributed by atoms with van der Waals surface area (Å²) in [7, 11) is 0. The number of hydrogen-bond acceptors (Lipinski definition) is 2. The monoisotopic (exact) mass is 233 g/mol. The minimum absolute atomic E-state index is 0.0466. The van der Waals surface area contributed by atoms with Crippen LogP contribution in [-0.2, 0) is 0 Å². The average Bonchev–Trinajstić information content (AvgIpc) is 2.13. The summed E-state index contributed by atoms with van der Waals surface area (Å²) in [6.07, 6.45) is -5.38. The second-order valence-electron chi connectivity index (χ2n) is 3.82. The van der Waals surface area contributed by atoms with Crippen LogP contribution in [0, 0.1) is 6.92 Å². The Kier molecular flexibility index (Phi) is 3.80. The van der Waals surface area contributed by atoms with E-state index >= 15 is 0 Å². The van der Waals surface area contributed by atoms with Crippen LogP contribution < -0.4 is 5.73 Å².